The maximum Gasteiger partial charge on any atom is 0.248 e. The Balaban J connectivity index is 1.32. The molecule has 0 bridgehead atoms. The predicted octanol–water partition coefficient (Wildman–Crippen LogP) is 2.52. The number of nitrogens with one attached hydrogen (secondary N) is 2. The maximum atomic E-state index is 12.4. The van der Waals surface area contributed by atoms with Crippen LogP contribution in [0.5, 0.6) is 11.5 Å². The Morgan fingerprint density at radius 2 is 1.90 bits per heavy atom. The summed E-state index contributed by atoms with van der Waals surface area (Å²) in [5.74, 6) is 0.985. The van der Waals surface area contributed by atoms with E-state index in [-0.39, 0.29) is 30.2 Å². The lowest BCUT2D eigenvalue weighted by Gasteiger charge is -2.11. The minimum Gasteiger partial charge on any atom is -0.454 e. The second-order valence-corrected chi connectivity index (χ2v) is 8.71. The highest BCUT2D eigenvalue weighted by Gasteiger charge is 2.20. The summed E-state index contributed by atoms with van der Waals surface area (Å²) in [7, 11) is -3.62. The summed E-state index contributed by atoms with van der Waals surface area (Å²) in [4.78, 5) is 12.3. The second-order valence-electron chi connectivity index (χ2n) is 6.95. The van der Waals surface area contributed by atoms with Gasteiger partial charge in [-0.1, -0.05) is 6.07 Å². The number of amides is 1. The van der Waals surface area contributed by atoms with E-state index in [0.29, 0.717) is 23.8 Å². The summed E-state index contributed by atoms with van der Waals surface area (Å²) in [6.45, 7) is 1.12. The number of fused-ring (bicyclic) bond motifs is 1. The molecule has 2 aliphatic heterocycles. The van der Waals surface area contributed by atoms with Crippen molar-refractivity contribution in [3.05, 3.63) is 54.1 Å². The van der Waals surface area contributed by atoms with Gasteiger partial charge in [0.25, 0.3) is 0 Å². The summed E-state index contributed by atoms with van der Waals surface area (Å²) in [5.41, 5.74) is 1.29. The first-order valence-electron chi connectivity index (χ1n) is 9.60. The van der Waals surface area contributed by atoms with Gasteiger partial charge in [0, 0.05) is 24.9 Å². The minimum absolute atomic E-state index is 0.0742. The molecule has 1 fully saturated rings. The molecular weight excluding hydrogens is 408 g/mol. The fraction of sp³-hybridized carbons (Fsp3) is 0.286. The first kappa shape index (κ1) is 20.4. The fourth-order valence-corrected chi connectivity index (χ4v) is 4.25. The van der Waals surface area contributed by atoms with E-state index in [9.17, 15) is 13.2 Å². The van der Waals surface area contributed by atoms with Crippen molar-refractivity contribution in [2.24, 2.45) is 0 Å². The highest BCUT2D eigenvalue weighted by molar-refractivity contribution is 7.89. The van der Waals surface area contributed by atoms with Crippen molar-refractivity contribution in [1.82, 2.24) is 4.72 Å². The van der Waals surface area contributed by atoms with Crippen LogP contribution >= 0.6 is 0 Å². The van der Waals surface area contributed by atoms with Gasteiger partial charge in [-0.15, -0.1) is 0 Å². The van der Waals surface area contributed by atoms with Crippen LogP contribution in [0.4, 0.5) is 5.69 Å². The Kier molecular flexibility index (Phi) is 6.03. The lowest BCUT2D eigenvalue weighted by molar-refractivity contribution is -0.111. The van der Waals surface area contributed by atoms with Crippen LogP contribution in [-0.4, -0.2) is 40.4 Å². The topological polar surface area (TPSA) is 103 Å². The number of anilines is 1. The molecule has 1 atom stereocenters. The summed E-state index contributed by atoms with van der Waals surface area (Å²) < 4.78 is 43.3. The third-order valence-corrected chi connectivity index (χ3v) is 6.22. The largest absolute Gasteiger partial charge is 0.454 e. The number of ether oxygens (including phenoxy) is 3. The van der Waals surface area contributed by atoms with Crippen LogP contribution in [0.2, 0.25) is 0 Å². The number of hydrogen-bond acceptors (Lipinski definition) is 6. The molecule has 1 saturated heterocycles. The van der Waals surface area contributed by atoms with Crippen molar-refractivity contribution in [3.8, 4) is 11.5 Å². The Labute approximate surface area is 174 Å². The van der Waals surface area contributed by atoms with E-state index in [1.54, 1.807) is 30.3 Å². The maximum absolute atomic E-state index is 12.4. The van der Waals surface area contributed by atoms with Crippen molar-refractivity contribution < 1.29 is 27.4 Å². The highest BCUT2D eigenvalue weighted by atomic mass is 32.2. The second kappa shape index (κ2) is 8.86. The average Bonchev–Trinajstić information content (AvgIpc) is 3.42. The van der Waals surface area contributed by atoms with E-state index in [4.69, 9.17) is 14.2 Å². The Morgan fingerprint density at radius 3 is 2.67 bits per heavy atom. The highest BCUT2D eigenvalue weighted by Crippen LogP contribution is 2.32. The van der Waals surface area contributed by atoms with E-state index in [1.165, 1.54) is 18.2 Å². The van der Waals surface area contributed by atoms with Crippen LogP contribution in [0, 0.1) is 0 Å². The van der Waals surface area contributed by atoms with Crippen molar-refractivity contribution in [1.29, 1.82) is 0 Å². The molecule has 2 heterocycles. The molecule has 0 spiro atoms. The molecule has 158 valence electrons. The molecule has 9 heteroatoms. The lowest BCUT2D eigenvalue weighted by atomic mass is 10.2. The molecule has 30 heavy (non-hydrogen) atoms. The first-order chi connectivity index (χ1) is 14.5. The molecule has 2 aromatic rings. The number of rotatable bonds is 7. The third kappa shape index (κ3) is 4.99. The Morgan fingerprint density at radius 1 is 1.10 bits per heavy atom. The van der Waals surface area contributed by atoms with Gasteiger partial charge in [-0.2, -0.15) is 0 Å². The number of benzene rings is 2. The van der Waals surface area contributed by atoms with Crippen LogP contribution < -0.4 is 19.5 Å². The van der Waals surface area contributed by atoms with E-state index in [0.717, 1.165) is 18.4 Å². The van der Waals surface area contributed by atoms with Gasteiger partial charge in [0.05, 0.1) is 11.0 Å². The van der Waals surface area contributed by atoms with Crippen LogP contribution in [0.3, 0.4) is 0 Å². The van der Waals surface area contributed by atoms with Gasteiger partial charge < -0.3 is 19.5 Å². The summed E-state index contributed by atoms with van der Waals surface area (Å²) >= 11 is 0. The van der Waals surface area contributed by atoms with E-state index in [2.05, 4.69) is 10.0 Å². The minimum atomic E-state index is -3.62. The van der Waals surface area contributed by atoms with Crippen LogP contribution in [-0.2, 0) is 19.6 Å². The van der Waals surface area contributed by atoms with Gasteiger partial charge in [0.15, 0.2) is 11.5 Å². The molecule has 2 N–H and O–H groups in total. The number of carbonyl (C=O) groups excluding carboxylic acids is 1. The average molecular weight is 430 g/mol. The molecule has 8 nitrogen and oxygen atoms in total. The van der Waals surface area contributed by atoms with E-state index < -0.39 is 10.0 Å². The molecular formula is C21H22N2O6S. The monoisotopic (exact) mass is 430 g/mol. The summed E-state index contributed by atoms with van der Waals surface area (Å²) in [6, 6.07) is 11.4. The molecule has 0 radical (unpaired) electrons. The summed E-state index contributed by atoms with van der Waals surface area (Å²) in [5, 5.41) is 2.70. The quantitative estimate of drug-likeness (QED) is 0.655. The van der Waals surface area contributed by atoms with Crippen molar-refractivity contribution in [2.75, 3.05) is 25.3 Å². The van der Waals surface area contributed by atoms with E-state index >= 15 is 0 Å². The summed E-state index contributed by atoms with van der Waals surface area (Å²) in [6.07, 6.45) is 4.78. The lowest BCUT2D eigenvalue weighted by Crippen LogP contribution is -2.31. The van der Waals surface area contributed by atoms with Gasteiger partial charge in [-0.25, -0.2) is 13.1 Å². The standard InChI is InChI=1S/C21H22N2O6S/c24-21(10-4-15-3-9-19-20(12-15)29-14-28-19)23-16-5-7-18(8-6-16)30(25,26)22-13-17-2-1-11-27-17/h3-10,12,17,22H,1-2,11,13-14H2,(H,23,24)/b10-4+. The van der Waals surface area contributed by atoms with E-state index in [1.807, 2.05) is 6.07 Å². The molecule has 1 amide bonds. The first-order valence-corrected chi connectivity index (χ1v) is 11.1. The predicted molar refractivity (Wildman–Crippen MR) is 111 cm³/mol. The fourth-order valence-electron chi connectivity index (χ4n) is 3.18. The van der Waals surface area contributed by atoms with Crippen LogP contribution in [0.15, 0.2) is 53.4 Å². The van der Waals surface area contributed by atoms with Gasteiger partial charge >= 0.3 is 0 Å². The number of carbonyl (C=O) groups is 1. The molecule has 0 aliphatic carbocycles. The zero-order chi connectivity index (χ0) is 21.0. The van der Waals surface area contributed by atoms with Crippen molar-refractivity contribution in [2.45, 2.75) is 23.8 Å². The van der Waals surface area contributed by atoms with Crippen molar-refractivity contribution >= 4 is 27.7 Å². The molecule has 1 unspecified atom stereocenters. The van der Waals surface area contributed by atoms with Gasteiger partial charge in [-0.05, 0) is 60.9 Å². The number of hydrogen-bond donors (Lipinski definition) is 2. The smallest absolute Gasteiger partial charge is 0.248 e. The van der Waals surface area contributed by atoms with Crippen LogP contribution in [0.25, 0.3) is 6.08 Å². The molecule has 2 aromatic carbocycles. The normalized spacial score (nSPS) is 18.1. The Hall–Kier alpha value is -2.88. The third-order valence-electron chi connectivity index (χ3n) is 4.78. The van der Waals surface area contributed by atoms with Gasteiger partial charge in [-0.3, -0.25) is 4.79 Å². The zero-order valence-electron chi connectivity index (χ0n) is 16.2. The molecule has 0 saturated carbocycles. The molecule has 2 aliphatic rings. The van der Waals surface area contributed by atoms with Crippen molar-refractivity contribution in [3.63, 3.8) is 0 Å². The Bertz CT molecular complexity index is 1040. The zero-order valence-corrected chi connectivity index (χ0v) is 17.0. The SMILES string of the molecule is O=C(/C=C/c1ccc2c(c1)OCO2)Nc1ccc(S(=O)(=O)NCC2CCCO2)cc1. The van der Waals surface area contributed by atoms with Crippen LogP contribution in [0.1, 0.15) is 18.4 Å². The molecule has 4 rings (SSSR count). The number of sulfonamides is 1. The molecule has 0 aromatic heterocycles. The van der Waals surface area contributed by atoms with Gasteiger partial charge in [0.2, 0.25) is 22.7 Å². The van der Waals surface area contributed by atoms with Gasteiger partial charge in [0.1, 0.15) is 0 Å².